The molecule has 3 aromatic rings. The molecule has 23 heavy (non-hydrogen) atoms. The van der Waals surface area contributed by atoms with Crippen LogP contribution in [0, 0.1) is 6.92 Å². The number of nitrogens with zero attached hydrogens (tertiary/aromatic N) is 1. The maximum absolute atomic E-state index is 12.4. The number of aryl methyl sites for hydroxylation is 1. The van der Waals surface area contributed by atoms with E-state index in [9.17, 15) is 4.79 Å². The first-order valence-electron chi connectivity index (χ1n) is 7.43. The average Bonchev–Trinajstić information content (AvgIpc) is 2.86. The van der Waals surface area contributed by atoms with E-state index in [2.05, 4.69) is 29.1 Å². The third kappa shape index (κ3) is 3.07. The van der Waals surface area contributed by atoms with E-state index < -0.39 is 0 Å². The normalized spacial score (nSPS) is 11.2. The molecular weight excluding hydrogens is 310 g/mol. The lowest BCUT2D eigenvalue weighted by Crippen LogP contribution is -2.09. The van der Waals surface area contributed by atoms with Crippen molar-refractivity contribution in [3.8, 4) is 17.1 Å². The highest BCUT2D eigenvalue weighted by molar-refractivity contribution is 7.16. The Hall–Kier alpha value is -2.34. The van der Waals surface area contributed by atoms with E-state index in [4.69, 9.17) is 4.74 Å². The summed E-state index contributed by atoms with van der Waals surface area (Å²) in [5.41, 5.74) is 2.25. The molecule has 0 amide bonds. The predicted octanol–water partition coefficient (Wildman–Crippen LogP) is 3.79. The second-order valence-electron chi connectivity index (χ2n) is 5.68. The van der Waals surface area contributed by atoms with Crippen molar-refractivity contribution in [2.75, 3.05) is 12.4 Å². The van der Waals surface area contributed by atoms with Crippen molar-refractivity contribution in [1.82, 2.24) is 9.97 Å². The summed E-state index contributed by atoms with van der Waals surface area (Å²) in [5.74, 6) is 0.711. The minimum atomic E-state index is -0.0258. The number of H-pyrrole nitrogens is 1. The summed E-state index contributed by atoms with van der Waals surface area (Å²) in [6, 6.07) is 7.31. The van der Waals surface area contributed by atoms with Crippen molar-refractivity contribution < 1.29 is 4.74 Å². The van der Waals surface area contributed by atoms with Gasteiger partial charge in [0.2, 0.25) is 0 Å². The van der Waals surface area contributed by atoms with E-state index in [1.54, 1.807) is 36.6 Å². The van der Waals surface area contributed by atoms with Gasteiger partial charge in [0.15, 0.2) is 10.6 Å². The van der Waals surface area contributed by atoms with Gasteiger partial charge in [-0.25, -0.2) is 4.98 Å². The number of anilines is 1. The molecule has 0 aliphatic rings. The standard InChI is InChI=1S/C17H19N3O2S/c1-9(2)18-17-20-16(10(3)23-17)14-8-15(21)12-6-5-11(22-4)7-13(12)19-14/h5-9H,1-4H3,(H,18,20)(H,19,21). The van der Waals surface area contributed by atoms with Crippen LogP contribution >= 0.6 is 11.3 Å². The van der Waals surface area contributed by atoms with Crippen LogP contribution in [0.4, 0.5) is 5.13 Å². The minimum absolute atomic E-state index is 0.0258. The first-order chi connectivity index (χ1) is 11.0. The molecule has 120 valence electrons. The van der Waals surface area contributed by atoms with Crippen molar-refractivity contribution in [1.29, 1.82) is 0 Å². The van der Waals surface area contributed by atoms with Gasteiger partial charge in [-0.2, -0.15) is 0 Å². The fourth-order valence-corrected chi connectivity index (χ4v) is 3.42. The molecule has 0 bridgehead atoms. The number of methoxy groups -OCH3 is 1. The monoisotopic (exact) mass is 329 g/mol. The Morgan fingerprint density at radius 3 is 2.78 bits per heavy atom. The molecule has 6 heteroatoms. The van der Waals surface area contributed by atoms with Crippen LogP contribution in [0.15, 0.2) is 29.1 Å². The molecule has 0 saturated heterocycles. The summed E-state index contributed by atoms with van der Waals surface area (Å²) in [6.07, 6.45) is 0. The summed E-state index contributed by atoms with van der Waals surface area (Å²) >= 11 is 1.59. The number of ether oxygens (including phenoxy) is 1. The van der Waals surface area contributed by atoms with Gasteiger partial charge < -0.3 is 15.0 Å². The third-order valence-electron chi connectivity index (χ3n) is 3.50. The number of nitrogens with one attached hydrogen (secondary N) is 2. The Morgan fingerprint density at radius 2 is 2.09 bits per heavy atom. The molecule has 0 radical (unpaired) electrons. The molecular formula is C17H19N3O2S. The van der Waals surface area contributed by atoms with Crippen LogP contribution in [-0.4, -0.2) is 23.1 Å². The summed E-state index contributed by atoms with van der Waals surface area (Å²) in [5, 5.41) is 4.80. The first-order valence-corrected chi connectivity index (χ1v) is 8.25. The van der Waals surface area contributed by atoms with Crippen molar-refractivity contribution in [3.05, 3.63) is 39.4 Å². The second kappa shape index (κ2) is 6.04. The Labute approximate surface area is 138 Å². The number of thiazole rings is 1. The number of fused-ring (bicyclic) bond motifs is 1. The number of rotatable bonds is 4. The molecule has 3 rings (SSSR count). The summed E-state index contributed by atoms with van der Waals surface area (Å²) < 4.78 is 5.23. The number of pyridine rings is 1. The SMILES string of the molecule is COc1ccc2c(=O)cc(-c3nc(NC(C)C)sc3C)[nH]c2c1. The van der Waals surface area contributed by atoms with Crippen LogP contribution < -0.4 is 15.5 Å². The van der Waals surface area contributed by atoms with Crippen molar-refractivity contribution >= 4 is 27.4 Å². The Morgan fingerprint density at radius 1 is 1.30 bits per heavy atom. The lowest BCUT2D eigenvalue weighted by molar-refractivity contribution is 0.415. The molecule has 0 aliphatic carbocycles. The number of aromatic amines is 1. The Balaban J connectivity index is 2.13. The van der Waals surface area contributed by atoms with Gasteiger partial charge in [-0.15, -0.1) is 11.3 Å². The maximum atomic E-state index is 12.4. The van der Waals surface area contributed by atoms with E-state index in [0.717, 1.165) is 26.9 Å². The topological polar surface area (TPSA) is 67.0 Å². The van der Waals surface area contributed by atoms with Gasteiger partial charge in [-0.05, 0) is 32.9 Å². The first kappa shape index (κ1) is 15.6. The average molecular weight is 329 g/mol. The molecule has 0 saturated carbocycles. The van der Waals surface area contributed by atoms with Crippen LogP contribution in [0.5, 0.6) is 5.75 Å². The lowest BCUT2D eigenvalue weighted by Gasteiger charge is -2.06. The molecule has 1 aromatic carbocycles. The number of hydrogen-bond donors (Lipinski definition) is 2. The van der Waals surface area contributed by atoms with Gasteiger partial charge in [-0.1, -0.05) is 0 Å². The zero-order valence-electron chi connectivity index (χ0n) is 13.6. The molecule has 5 nitrogen and oxygen atoms in total. The van der Waals surface area contributed by atoms with Gasteiger partial charge in [-0.3, -0.25) is 4.79 Å². The smallest absolute Gasteiger partial charge is 0.190 e. The zero-order valence-corrected chi connectivity index (χ0v) is 14.4. The predicted molar refractivity (Wildman–Crippen MR) is 95.7 cm³/mol. The fraction of sp³-hybridized carbons (Fsp3) is 0.294. The van der Waals surface area contributed by atoms with Crippen LogP contribution in [0.25, 0.3) is 22.3 Å². The molecule has 0 fully saturated rings. The minimum Gasteiger partial charge on any atom is -0.497 e. The molecule has 2 N–H and O–H groups in total. The zero-order chi connectivity index (χ0) is 16.6. The fourth-order valence-electron chi connectivity index (χ4n) is 2.44. The third-order valence-corrected chi connectivity index (χ3v) is 4.40. The van der Waals surface area contributed by atoms with E-state index >= 15 is 0 Å². The number of aromatic nitrogens is 2. The molecule has 2 heterocycles. The molecule has 0 aliphatic heterocycles. The van der Waals surface area contributed by atoms with E-state index in [-0.39, 0.29) is 5.43 Å². The number of hydrogen-bond acceptors (Lipinski definition) is 5. The second-order valence-corrected chi connectivity index (χ2v) is 6.88. The largest absolute Gasteiger partial charge is 0.497 e. The van der Waals surface area contributed by atoms with Crippen molar-refractivity contribution in [3.63, 3.8) is 0 Å². The van der Waals surface area contributed by atoms with Crippen molar-refractivity contribution in [2.45, 2.75) is 26.8 Å². The maximum Gasteiger partial charge on any atom is 0.190 e. The Bertz CT molecular complexity index is 912. The quantitative estimate of drug-likeness (QED) is 0.764. The number of benzene rings is 1. The van der Waals surface area contributed by atoms with Gasteiger partial charge in [0, 0.05) is 28.4 Å². The molecule has 0 atom stereocenters. The van der Waals surface area contributed by atoms with E-state index in [0.29, 0.717) is 17.2 Å². The van der Waals surface area contributed by atoms with Crippen LogP contribution in [-0.2, 0) is 0 Å². The van der Waals surface area contributed by atoms with Gasteiger partial charge in [0.1, 0.15) is 11.4 Å². The Kier molecular flexibility index (Phi) is 4.09. The van der Waals surface area contributed by atoms with Gasteiger partial charge in [0.25, 0.3) is 0 Å². The molecule has 2 aromatic heterocycles. The lowest BCUT2D eigenvalue weighted by atomic mass is 10.1. The molecule has 0 unspecified atom stereocenters. The van der Waals surface area contributed by atoms with Crippen LogP contribution in [0.1, 0.15) is 18.7 Å². The van der Waals surface area contributed by atoms with Crippen LogP contribution in [0.3, 0.4) is 0 Å². The van der Waals surface area contributed by atoms with Crippen LogP contribution in [0.2, 0.25) is 0 Å². The van der Waals surface area contributed by atoms with E-state index in [1.807, 2.05) is 13.0 Å². The van der Waals surface area contributed by atoms with Gasteiger partial charge >= 0.3 is 0 Å². The van der Waals surface area contributed by atoms with Gasteiger partial charge in [0.05, 0.1) is 18.3 Å². The highest BCUT2D eigenvalue weighted by Crippen LogP contribution is 2.30. The van der Waals surface area contributed by atoms with Crippen molar-refractivity contribution in [2.24, 2.45) is 0 Å². The summed E-state index contributed by atoms with van der Waals surface area (Å²) in [7, 11) is 1.61. The molecule has 0 spiro atoms. The van der Waals surface area contributed by atoms with E-state index in [1.165, 1.54) is 0 Å². The summed E-state index contributed by atoms with van der Waals surface area (Å²) in [4.78, 5) is 21.3. The highest BCUT2D eigenvalue weighted by atomic mass is 32.1. The summed E-state index contributed by atoms with van der Waals surface area (Å²) in [6.45, 7) is 6.15. The highest BCUT2D eigenvalue weighted by Gasteiger charge is 2.13.